The summed E-state index contributed by atoms with van der Waals surface area (Å²) in [7, 11) is 0. The Morgan fingerprint density at radius 2 is 1.83 bits per heavy atom. The second-order valence-corrected chi connectivity index (χ2v) is 7.16. The van der Waals surface area contributed by atoms with E-state index in [1.54, 1.807) is 0 Å². The number of carbonyl (C=O) groups excluding carboxylic acids is 2. The Kier molecular flexibility index (Phi) is 8.19. The standard InChI is InChI=1S/C17H24BrN3O2.ClH/c1-12(22)20-15(13-4-6-14(18)7-5-13)10-16(23)21-17(11-19)8-2-3-9-17;/h4-7,15H,2-3,8-11,19H2,1H3,(H,20,22)(H,21,23);1H. The van der Waals surface area contributed by atoms with Gasteiger partial charge in [-0.1, -0.05) is 40.9 Å². The van der Waals surface area contributed by atoms with Crippen LogP contribution in [0.5, 0.6) is 0 Å². The summed E-state index contributed by atoms with van der Waals surface area (Å²) in [5.41, 5.74) is 6.51. The van der Waals surface area contributed by atoms with Crippen LogP contribution in [0, 0.1) is 0 Å². The molecular formula is C17H25BrClN3O2. The number of benzene rings is 1. The van der Waals surface area contributed by atoms with Gasteiger partial charge < -0.3 is 16.4 Å². The van der Waals surface area contributed by atoms with E-state index in [0.29, 0.717) is 6.54 Å². The number of carbonyl (C=O) groups is 2. The molecular weight excluding hydrogens is 394 g/mol. The molecule has 7 heteroatoms. The highest BCUT2D eigenvalue weighted by Crippen LogP contribution is 2.29. The fourth-order valence-corrected chi connectivity index (χ4v) is 3.42. The summed E-state index contributed by atoms with van der Waals surface area (Å²) in [6.07, 6.45) is 4.26. The van der Waals surface area contributed by atoms with Crippen molar-refractivity contribution in [1.82, 2.24) is 10.6 Å². The van der Waals surface area contributed by atoms with Gasteiger partial charge in [0.25, 0.3) is 0 Å². The SMILES string of the molecule is CC(=O)NC(CC(=O)NC1(CN)CCCC1)c1ccc(Br)cc1.Cl. The number of hydrogen-bond acceptors (Lipinski definition) is 3. The second kappa shape index (κ2) is 9.39. The maximum Gasteiger partial charge on any atom is 0.222 e. The molecule has 0 radical (unpaired) electrons. The summed E-state index contributed by atoms with van der Waals surface area (Å²) in [4.78, 5) is 23.9. The highest BCUT2D eigenvalue weighted by atomic mass is 79.9. The molecule has 1 aliphatic carbocycles. The number of amides is 2. The Morgan fingerprint density at radius 3 is 2.33 bits per heavy atom. The first-order valence-electron chi connectivity index (χ1n) is 7.98. The summed E-state index contributed by atoms with van der Waals surface area (Å²) in [5.74, 6) is -0.223. The third-order valence-corrected chi connectivity index (χ3v) is 4.92. The van der Waals surface area contributed by atoms with Crippen molar-refractivity contribution in [2.24, 2.45) is 5.73 Å². The molecule has 134 valence electrons. The predicted octanol–water partition coefficient (Wildman–Crippen LogP) is 2.83. The van der Waals surface area contributed by atoms with E-state index in [0.717, 1.165) is 35.7 Å². The van der Waals surface area contributed by atoms with Crippen LogP contribution >= 0.6 is 28.3 Å². The van der Waals surface area contributed by atoms with Crippen LogP contribution in [-0.4, -0.2) is 23.9 Å². The Morgan fingerprint density at radius 1 is 1.25 bits per heavy atom. The number of nitrogens with two attached hydrogens (primary N) is 1. The van der Waals surface area contributed by atoms with Crippen molar-refractivity contribution < 1.29 is 9.59 Å². The average Bonchev–Trinajstić information content (AvgIpc) is 2.96. The molecule has 2 rings (SSSR count). The molecule has 0 spiro atoms. The summed E-state index contributed by atoms with van der Waals surface area (Å²) in [6, 6.07) is 7.29. The van der Waals surface area contributed by atoms with Gasteiger partial charge in [-0.3, -0.25) is 9.59 Å². The maximum absolute atomic E-state index is 12.5. The Labute approximate surface area is 157 Å². The van der Waals surface area contributed by atoms with E-state index in [-0.39, 0.29) is 42.2 Å². The third-order valence-electron chi connectivity index (χ3n) is 4.40. The first-order valence-corrected chi connectivity index (χ1v) is 8.77. The van der Waals surface area contributed by atoms with Gasteiger partial charge in [0.2, 0.25) is 11.8 Å². The maximum atomic E-state index is 12.5. The molecule has 0 saturated heterocycles. The molecule has 0 heterocycles. The minimum Gasteiger partial charge on any atom is -0.349 e. The summed E-state index contributed by atoms with van der Waals surface area (Å²) < 4.78 is 0.959. The largest absolute Gasteiger partial charge is 0.349 e. The van der Waals surface area contributed by atoms with Crippen molar-refractivity contribution >= 4 is 40.2 Å². The topological polar surface area (TPSA) is 84.2 Å². The van der Waals surface area contributed by atoms with Gasteiger partial charge in [0.1, 0.15) is 0 Å². The highest BCUT2D eigenvalue weighted by Gasteiger charge is 2.34. The molecule has 0 aliphatic heterocycles. The van der Waals surface area contributed by atoms with Crippen molar-refractivity contribution in [1.29, 1.82) is 0 Å². The Hall–Kier alpha value is -1.11. The van der Waals surface area contributed by atoms with Crippen molar-refractivity contribution in [2.45, 2.75) is 50.6 Å². The predicted molar refractivity (Wildman–Crippen MR) is 101 cm³/mol. The lowest BCUT2D eigenvalue weighted by molar-refractivity contribution is -0.124. The van der Waals surface area contributed by atoms with Crippen molar-refractivity contribution in [2.75, 3.05) is 6.54 Å². The van der Waals surface area contributed by atoms with Crippen LogP contribution < -0.4 is 16.4 Å². The van der Waals surface area contributed by atoms with Gasteiger partial charge in [0.15, 0.2) is 0 Å². The third kappa shape index (κ3) is 5.76. The van der Waals surface area contributed by atoms with Crippen LogP contribution in [0.2, 0.25) is 0 Å². The molecule has 4 N–H and O–H groups in total. The van der Waals surface area contributed by atoms with E-state index in [9.17, 15) is 9.59 Å². The molecule has 1 fully saturated rings. The Balaban J connectivity index is 0.00000288. The van der Waals surface area contributed by atoms with E-state index in [1.165, 1.54) is 6.92 Å². The summed E-state index contributed by atoms with van der Waals surface area (Å²) >= 11 is 3.39. The van der Waals surface area contributed by atoms with Crippen LogP contribution in [0.4, 0.5) is 0 Å². The minimum atomic E-state index is -0.336. The zero-order valence-electron chi connectivity index (χ0n) is 13.8. The van der Waals surface area contributed by atoms with Gasteiger partial charge in [-0.2, -0.15) is 0 Å². The first kappa shape index (κ1) is 20.9. The van der Waals surface area contributed by atoms with Crippen LogP contribution in [-0.2, 0) is 9.59 Å². The average molecular weight is 419 g/mol. The van der Waals surface area contributed by atoms with Crippen molar-refractivity contribution in [3.63, 3.8) is 0 Å². The zero-order valence-corrected chi connectivity index (χ0v) is 16.2. The quantitative estimate of drug-likeness (QED) is 0.664. The van der Waals surface area contributed by atoms with Gasteiger partial charge >= 0.3 is 0 Å². The van der Waals surface area contributed by atoms with Crippen LogP contribution in [0.3, 0.4) is 0 Å². The van der Waals surface area contributed by atoms with Crippen LogP contribution in [0.15, 0.2) is 28.7 Å². The number of rotatable bonds is 6. The second-order valence-electron chi connectivity index (χ2n) is 6.25. The van der Waals surface area contributed by atoms with E-state index >= 15 is 0 Å². The van der Waals surface area contributed by atoms with Gasteiger partial charge in [-0.05, 0) is 30.5 Å². The molecule has 0 aromatic heterocycles. The lowest BCUT2D eigenvalue weighted by Crippen LogP contribution is -2.52. The molecule has 1 saturated carbocycles. The smallest absolute Gasteiger partial charge is 0.222 e. The molecule has 2 amide bonds. The lowest BCUT2D eigenvalue weighted by Gasteiger charge is -2.30. The number of hydrogen-bond donors (Lipinski definition) is 3. The van der Waals surface area contributed by atoms with Gasteiger partial charge in [0.05, 0.1) is 18.0 Å². The van der Waals surface area contributed by atoms with E-state index in [2.05, 4.69) is 26.6 Å². The molecule has 1 atom stereocenters. The molecule has 0 bridgehead atoms. The fourth-order valence-electron chi connectivity index (χ4n) is 3.16. The molecule has 1 aromatic carbocycles. The van der Waals surface area contributed by atoms with Gasteiger partial charge in [0, 0.05) is 17.9 Å². The highest BCUT2D eigenvalue weighted by molar-refractivity contribution is 9.10. The van der Waals surface area contributed by atoms with E-state index < -0.39 is 0 Å². The Bertz CT molecular complexity index is 559. The normalized spacial score (nSPS) is 16.8. The van der Waals surface area contributed by atoms with Gasteiger partial charge in [-0.25, -0.2) is 0 Å². The summed E-state index contributed by atoms with van der Waals surface area (Å²) in [6.45, 7) is 1.92. The lowest BCUT2D eigenvalue weighted by atomic mass is 9.96. The van der Waals surface area contributed by atoms with Crippen LogP contribution in [0.1, 0.15) is 50.6 Å². The molecule has 24 heavy (non-hydrogen) atoms. The van der Waals surface area contributed by atoms with Crippen molar-refractivity contribution in [3.8, 4) is 0 Å². The fraction of sp³-hybridized carbons (Fsp3) is 0.529. The summed E-state index contributed by atoms with van der Waals surface area (Å²) in [5, 5.41) is 5.96. The van der Waals surface area contributed by atoms with Crippen LogP contribution in [0.25, 0.3) is 0 Å². The number of halogens is 2. The van der Waals surface area contributed by atoms with Gasteiger partial charge in [-0.15, -0.1) is 12.4 Å². The minimum absolute atomic E-state index is 0. The number of nitrogens with one attached hydrogen (secondary N) is 2. The monoisotopic (exact) mass is 417 g/mol. The van der Waals surface area contributed by atoms with Crippen molar-refractivity contribution in [3.05, 3.63) is 34.3 Å². The molecule has 5 nitrogen and oxygen atoms in total. The molecule has 1 aromatic rings. The first-order chi connectivity index (χ1) is 10.9. The molecule has 1 aliphatic rings. The van der Waals surface area contributed by atoms with E-state index in [4.69, 9.17) is 5.73 Å². The zero-order chi connectivity index (χ0) is 16.9. The van der Waals surface area contributed by atoms with E-state index in [1.807, 2.05) is 24.3 Å². The molecule has 1 unspecified atom stereocenters.